The minimum atomic E-state index is -1.02. The Labute approximate surface area is 135 Å². The predicted octanol–water partition coefficient (Wildman–Crippen LogP) is 2.69. The molecule has 1 aliphatic heterocycles. The second-order valence-corrected chi connectivity index (χ2v) is 6.81. The number of benzene rings is 1. The van der Waals surface area contributed by atoms with E-state index in [-0.39, 0.29) is 11.8 Å². The van der Waals surface area contributed by atoms with Gasteiger partial charge in [0, 0.05) is 6.92 Å². The van der Waals surface area contributed by atoms with E-state index in [2.05, 4.69) is 0 Å². The zero-order chi connectivity index (χ0) is 16.8. The second-order valence-electron chi connectivity index (χ2n) is 6.81. The average Bonchev–Trinajstić information content (AvgIpc) is 2.67. The van der Waals surface area contributed by atoms with E-state index < -0.39 is 22.9 Å². The van der Waals surface area contributed by atoms with Crippen LogP contribution in [0.2, 0.25) is 0 Å². The van der Waals surface area contributed by atoms with Crippen molar-refractivity contribution in [2.24, 2.45) is 10.8 Å². The summed E-state index contributed by atoms with van der Waals surface area (Å²) in [6, 6.07) is 8.94. The molecule has 0 N–H and O–H groups in total. The van der Waals surface area contributed by atoms with Crippen molar-refractivity contribution >= 4 is 23.5 Å². The van der Waals surface area contributed by atoms with Crippen LogP contribution in [0.5, 0.6) is 0 Å². The van der Waals surface area contributed by atoms with E-state index in [1.807, 2.05) is 13.0 Å². The molecule has 2 fully saturated rings. The minimum Gasteiger partial charge on any atom is -0.461 e. The number of rotatable bonds is 2. The number of hydrogen-bond donors (Lipinski definition) is 0. The van der Waals surface area contributed by atoms with E-state index in [0.29, 0.717) is 18.5 Å². The summed E-state index contributed by atoms with van der Waals surface area (Å²) in [6.45, 7) is 4.93. The third-order valence-corrected chi connectivity index (χ3v) is 5.58. The van der Waals surface area contributed by atoms with Crippen LogP contribution in [-0.4, -0.2) is 23.9 Å². The molecule has 0 radical (unpaired) electrons. The van der Waals surface area contributed by atoms with Gasteiger partial charge in [-0.25, -0.2) is 4.90 Å². The van der Waals surface area contributed by atoms with Gasteiger partial charge in [-0.15, -0.1) is 0 Å². The summed E-state index contributed by atoms with van der Waals surface area (Å²) in [4.78, 5) is 39.0. The molecule has 1 aromatic rings. The first kappa shape index (κ1) is 15.7. The number of ether oxygens (including phenoxy) is 1. The standard InChI is InChI=1S/C18H21NO4/c1-12(20)23-14-10-7-11-17(2)15(21)19(16(22)18(14,17)3)13-8-5-4-6-9-13/h4-6,8-9,14H,7,10-11H2,1-3H3. The minimum absolute atomic E-state index is 0.201. The first-order valence-corrected chi connectivity index (χ1v) is 7.93. The Morgan fingerprint density at radius 1 is 1.17 bits per heavy atom. The van der Waals surface area contributed by atoms with Gasteiger partial charge in [-0.1, -0.05) is 18.2 Å². The SMILES string of the molecule is CC(=O)OC1CCCC2(C)C(=O)N(c3ccccc3)C(=O)C12C. The van der Waals surface area contributed by atoms with E-state index in [0.717, 1.165) is 6.42 Å². The topological polar surface area (TPSA) is 63.7 Å². The quantitative estimate of drug-likeness (QED) is 0.622. The van der Waals surface area contributed by atoms with Crippen molar-refractivity contribution in [2.45, 2.75) is 46.1 Å². The molecule has 0 bridgehead atoms. The van der Waals surface area contributed by atoms with Gasteiger partial charge in [0.05, 0.1) is 16.5 Å². The number of anilines is 1. The van der Waals surface area contributed by atoms with Crippen LogP contribution in [0, 0.1) is 10.8 Å². The molecular formula is C18H21NO4. The first-order chi connectivity index (χ1) is 10.8. The second kappa shape index (κ2) is 5.18. The highest BCUT2D eigenvalue weighted by molar-refractivity contribution is 6.25. The van der Waals surface area contributed by atoms with Crippen molar-refractivity contribution < 1.29 is 19.1 Å². The summed E-state index contributed by atoms with van der Waals surface area (Å²) in [6.07, 6.45) is 1.41. The molecule has 2 aliphatic rings. The number of para-hydroxylation sites is 1. The van der Waals surface area contributed by atoms with Crippen molar-refractivity contribution in [1.29, 1.82) is 0 Å². The van der Waals surface area contributed by atoms with E-state index in [4.69, 9.17) is 4.74 Å². The fourth-order valence-electron chi connectivity index (χ4n) is 4.01. The molecule has 1 saturated carbocycles. The van der Waals surface area contributed by atoms with E-state index in [1.54, 1.807) is 31.2 Å². The highest BCUT2D eigenvalue weighted by Gasteiger charge is 2.69. The lowest BCUT2D eigenvalue weighted by Gasteiger charge is -2.45. The number of carbonyl (C=O) groups is 3. The number of fused-ring (bicyclic) bond motifs is 1. The average molecular weight is 315 g/mol. The number of amides is 2. The van der Waals surface area contributed by atoms with Crippen molar-refractivity contribution in [3.63, 3.8) is 0 Å². The zero-order valence-electron chi connectivity index (χ0n) is 13.7. The highest BCUT2D eigenvalue weighted by Crippen LogP contribution is 2.58. The molecular weight excluding hydrogens is 294 g/mol. The van der Waals surface area contributed by atoms with Gasteiger partial charge in [-0.3, -0.25) is 14.4 Å². The van der Waals surface area contributed by atoms with Gasteiger partial charge in [0.25, 0.3) is 0 Å². The summed E-state index contributed by atoms with van der Waals surface area (Å²) in [5.74, 6) is -0.894. The van der Waals surface area contributed by atoms with Gasteiger partial charge in [-0.05, 0) is 45.2 Å². The fourth-order valence-corrected chi connectivity index (χ4v) is 4.01. The number of esters is 1. The molecule has 1 heterocycles. The zero-order valence-corrected chi connectivity index (χ0v) is 13.7. The molecule has 1 aromatic carbocycles. The molecule has 122 valence electrons. The van der Waals surface area contributed by atoms with Crippen LogP contribution in [-0.2, 0) is 19.1 Å². The number of carbonyl (C=O) groups excluding carboxylic acids is 3. The maximum absolute atomic E-state index is 13.2. The Kier molecular flexibility index (Phi) is 3.54. The van der Waals surface area contributed by atoms with Crippen LogP contribution in [0.25, 0.3) is 0 Å². The van der Waals surface area contributed by atoms with E-state index in [9.17, 15) is 14.4 Å². The summed E-state index contributed by atoms with van der Waals surface area (Å²) >= 11 is 0. The summed E-state index contributed by atoms with van der Waals surface area (Å²) in [7, 11) is 0. The van der Waals surface area contributed by atoms with Crippen LogP contribution in [0.15, 0.2) is 30.3 Å². The lowest BCUT2D eigenvalue weighted by atomic mass is 9.57. The molecule has 23 heavy (non-hydrogen) atoms. The van der Waals surface area contributed by atoms with Crippen molar-refractivity contribution in [3.05, 3.63) is 30.3 Å². The Morgan fingerprint density at radius 3 is 2.43 bits per heavy atom. The smallest absolute Gasteiger partial charge is 0.302 e. The van der Waals surface area contributed by atoms with Gasteiger partial charge >= 0.3 is 5.97 Å². The van der Waals surface area contributed by atoms with Gasteiger partial charge < -0.3 is 4.74 Å². The molecule has 3 atom stereocenters. The Hall–Kier alpha value is -2.17. The van der Waals surface area contributed by atoms with Crippen LogP contribution >= 0.6 is 0 Å². The molecule has 2 amide bonds. The largest absolute Gasteiger partial charge is 0.461 e. The maximum Gasteiger partial charge on any atom is 0.302 e. The Balaban J connectivity index is 2.09. The molecule has 5 nitrogen and oxygen atoms in total. The van der Waals surface area contributed by atoms with Crippen LogP contribution in [0.4, 0.5) is 5.69 Å². The third kappa shape index (κ3) is 2.02. The van der Waals surface area contributed by atoms with Gasteiger partial charge in [-0.2, -0.15) is 0 Å². The lowest BCUT2D eigenvalue weighted by molar-refractivity contribution is -0.170. The van der Waals surface area contributed by atoms with Crippen molar-refractivity contribution in [1.82, 2.24) is 0 Å². The molecule has 1 aliphatic carbocycles. The van der Waals surface area contributed by atoms with E-state index in [1.165, 1.54) is 11.8 Å². The molecule has 1 saturated heterocycles. The lowest BCUT2D eigenvalue weighted by Crippen LogP contribution is -2.53. The normalized spacial score (nSPS) is 33.5. The van der Waals surface area contributed by atoms with Crippen molar-refractivity contribution in [2.75, 3.05) is 4.90 Å². The summed E-state index contributed by atoms with van der Waals surface area (Å²) < 4.78 is 5.44. The molecule has 3 unspecified atom stereocenters. The molecule has 0 spiro atoms. The Morgan fingerprint density at radius 2 is 1.83 bits per heavy atom. The first-order valence-electron chi connectivity index (χ1n) is 7.93. The third-order valence-electron chi connectivity index (χ3n) is 5.58. The van der Waals surface area contributed by atoms with Crippen LogP contribution < -0.4 is 4.90 Å². The van der Waals surface area contributed by atoms with Gasteiger partial charge in [0.15, 0.2) is 0 Å². The van der Waals surface area contributed by atoms with Crippen LogP contribution in [0.3, 0.4) is 0 Å². The Bertz CT molecular complexity index is 671. The van der Waals surface area contributed by atoms with E-state index >= 15 is 0 Å². The highest BCUT2D eigenvalue weighted by atomic mass is 16.5. The summed E-state index contributed by atoms with van der Waals surface area (Å²) in [5, 5.41) is 0. The van der Waals surface area contributed by atoms with Crippen molar-refractivity contribution in [3.8, 4) is 0 Å². The summed E-state index contributed by atoms with van der Waals surface area (Å²) in [5.41, 5.74) is -1.30. The number of hydrogen-bond acceptors (Lipinski definition) is 4. The molecule has 0 aromatic heterocycles. The van der Waals surface area contributed by atoms with Gasteiger partial charge in [0.2, 0.25) is 11.8 Å². The molecule has 5 heteroatoms. The predicted molar refractivity (Wildman–Crippen MR) is 84.6 cm³/mol. The van der Waals surface area contributed by atoms with Gasteiger partial charge in [0.1, 0.15) is 6.10 Å². The monoisotopic (exact) mass is 315 g/mol. The number of imide groups is 1. The number of nitrogens with zero attached hydrogens (tertiary/aromatic N) is 1. The fraction of sp³-hybridized carbons (Fsp3) is 0.500. The maximum atomic E-state index is 13.2. The molecule has 3 rings (SSSR count). The van der Waals surface area contributed by atoms with Crippen LogP contribution in [0.1, 0.15) is 40.0 Å².